The van der Waals surface area contributed by atoms with Crippen LogP contribution in [0, 0.1) is 0 Å². The van der Waals surface area contributed by atoms with Crippen molar-refractivity contribution in [1.82, 2.24) is 4.98 Å². The van der Waals surface area contributed by atoms with Crippen LogP contribution in [0.1, 0.15) is 29.9 Å². The summed E-state index contributed by atoms with van der Waals surface area (Å²) in [4.78, 5) is 4.72. The molecule has 1 fully saturated rings. The van der Waals surface area contributed by atoms with Gasteiger partial charge in [-0.3, -0.25) is 0 Å². The molecule has 5 rings (SSSR count). The maximum atomic E-state index is 11.7. The van der Waals surface area contributed by atoms with Gasteiger partial charge in [0.05, 0.1) is 23.7 Å². The predicted molar refractivity (Wildman–Crippen MR) is 153 cm³/mol. The number of primary sulfonamides is 1. The summed E-state index contributed by atoms with van der Waals surface area (Å²) in [6.45, 7) is 2.20. The minimum Gasteiger partial charge on any atom is -0.436 e. The fraction of sp³-hybridized carbons (Fsp3) is 0.258. The van der Waals surface area contributed by atoms with E-state index >= 15 is 0 Å². The molecule has 1 aromatic heterocycles. The molecule has 9 heteroatoms. The summed E-state index contributed by atoms with van der Waals surface area (Å²) in [6.07, 6.45) is 5.28. The Morgan fingerprint density at radius 3 is 2.42 bits per heavy atom. The van der Waals surface area contributed by atoms with Crippen LogP contribution in [0.2, 0.25) is 0 Å². The number of aromatic nitrogens is 1. The van der Waals surface area contributed by atoms with E-state index in [9.17, 15) is 8.42 Å². The number of nitrogens with zero attached hydrogens (tertiary/aromatic N) is 1. The van der Waals surface area contributed by atoms with Crippen LogP contribution in [0.5, 0.6) is 0 Å². The van der Waals surface area contributed by atoms with E-state index in [0.29, 0.717) is 49.3 Å². The molecule has 0 aliphatic carbocycles. The van der Waals surface area contributed by atoms with Crippen molar-refractivity contribution in [3.63, 3.8) is 0 Å². The quantitative estimate of drug-likeness (QED) is 0.253. The maximum Gasteiger partial charge on any atom is 0.238 e. The highest BCUT2D eigenvalue weighted by molar-refractivity contribution is 7.89. The van der Waals surface area contributed by atoms with Gasteiger partial charge in [-0.15, -0.1) is 0 Å². The molecule has 0 amide bonds. The molecule has 0 unspecified atom stereocenters. The van der Waals surface area contributed by atoms with Gasteiger partial charge < -0.3 is 18.6 Å². The molecule has 0 radical (unpaired) electrons. The number of ether oxygens (including phenoxy) is 3. The van der Waals surface area contributed by atoms with Gasteiger partial charge in [-0.1, -0.05) is 60.7 Å². The standard InChI is InChI=1S/C31H32N2O6S/c1-36-31(16-19-37-20-17-31)26-10-5-7-23(21-26)22-38-18-6-11-28-33-29(24-8-3-2-4-9-24)30(39-28)25-12-14-27(15-13-25)40(32,34)35/h2-15,21H,16-20,22H2,1H3,(H2,32,34,35)/b11-6-. The fourth-order valence-electron chi connectivity index (χ4n) is 4.84. The number of oxazole rings is 1. The monoisotopic (exact) mass is 560 g/mol. The van der Waals surface area contributed by atoms with Gasteiger partial charge in [0, 0.05) is 44.3 Å². The molecule has 40 heavy (non-hydrogen) atoms. The van der Waals surface area contributed by atoms with Gasteiger partial charge in [-0.25, -0.2) is 18.5 Å². The van der Waals surface area contributed by atoms with E-state index in [1.54, 1.807) is 25.3 Å². The Morgan fingerprint density at radius 2 is 1.73 bits per heavy atom. The lowest BCUT2D eigenvalue weighted by atomic mass is 9.85. The third kappa shape index (κ3) is 6.41. The summed E-state index contributed by atoms with van der Waals surface area (Å²) >= 11 is 0. The fourth-order valence-corrected chi connectivity index (χ4v) is 5.36. The van der Waals surface area contributed by atoms with Crippen molar-refractivity contribution in [2.45, 2.75) is 29.9 Å². The average Bonchev–Trinajstić information content (AvgIpc) is 3.42. The molecule has 2 N–H and O–H groups in total. The van der Waals surface area contributed by atoms with Crippen LogP contribution < -0.4 is 5.14 Å². The molecule has 0 saturated carbocycles. The lowest BCUT2D eigenvalue weighted by Gasteiger charge is -2.36. The van der Waals surface area contributed by atoms with Gasteiger partial charge in [0.25, 0.3) is 0 Å². The van der Waals surface area contributed by atoms with E-state index in [4.69, 9.17) is 23.8 Å². The van der Waals surface area contributed by atoms with Crippen LogP contribution in [-0.2, 0) is 36.4 Å². The zero-order valence-corrected chi connectivity index (χ0v) is 23.1. The van der Waals surface area contributed by atoms with Gasteiger partial charge in [0.15, 0.2) is 5.76 Å². The first-order valence-electron chi connectivity index (χ1n) is 13.0. The van der Waals surface area contributed by atoms with Crippen molar-refractivity contribution in [1.29, 1.82) is 0 Å². The number of rotatable bonds is 10. The van der Waals surface area contributed by atoms with E-state index in [1.807, 2.05) is 48.5 Å². The van der Waals surface area contributed by atoms with Crippen molar-refractivity contribution in [3.8, 4) is 22.6 Å². The average molecular weight is 561 g/mol. The Hall–Kier alpha value is -3.60. The highest BCUT2D eigenvalue weighted by atomic mass is 32.2. The van der Waals surface area contributed by atoms with E-state index in [0.717, 1.165) is 29.5 Å². The normalized spacial score (nSPS) is 15.4. The summed E-state index contributed by atoms with van der Waals surface area (Å²) in [5.74, 6) is 0.946. The molecule has 0 bridgehead atoms. The van der Waals surface area contributed by atoms with Gasteiger partial charge in [0.1, 0.15) is 5.69 Å². The second-order valence-corrected chi connectivity index (χ2v) is 11.2. The van der Waals surface area contributed by atoms with E-state index in [1.165, 1.54) is 12.1 Å². The van der Waals surface area contributed by atoms with Crippen molar-refractivity contribution in [2.75, 3.05) is 26.9 Å². The van der Waals surface area contributed by atoms with E-state index in [2.05, 4.69) is 17.1 Å². The molecular weight excluding hydrogens is 528 g/mol. The Kier molecular flexibility index (Phi) is 8.58. The van der Waals surface area contributed by atoms with Crippen molar-refractivity contribution in [2.24, 2.45) is 5.14 Å². The Bertz CT molecular complexity index is 1560. The third-order valence-electron chi connectivity index (χ3n) is 7.02. The molecule has 3 aromatic carbocycles. The van der Waals surface area contributed by atoms with E-state index in [-0.39, 0.29) is 10.5 Å². The molecule has 208 valence electrons. The molecule has 1 aliphatic rings. The van der Waals surface area contributed by atoms with Crippen molar-refractivity contribution in [3.05, 3.63) is 102 Å². The maximum absolute atomic E-state index is 11.7. The number of sulfonamides is 1. The van der Waals surface area contributed by atoms with Gasteiger partial charge in [0.2, 0.25) is 15.9 Å². The summed E-state index contributed by atoms with van der Waals surface area (Å²) < 4.78 is 46.8. The third-order valence-corrected chi connectivity index (χ3v) is 7.95. The van der Waals surface area contributed by atoms with Gasteiger partial charge in [-0.05, 0) is 41.5 Å². The molecule has 1 saturated heterocycles. The summed E-state index contributed by atoms with van der Waals surface area (Å²) in [5.41, 5.74) is 4.13. The number of hydrogen-bond donors (Lipinski definition) is 1. The SMILES string of the molecule is COC1(c2cccc(COC/C=C\c3nc(-c4ccccc4)c(-c4ccc(S(N)(=O)=O)cc4)o3)c2)CCOCC1. The highest BCUT2D eigenvalue weighted by Gasteiger charge is 2.34. The number of benzene rings is 3. The molecule has 4 aromatic rings. The van der Waals surface area contributed by atoms with Crippen LogP contribution in [0.4, 0.5) is 0 Å². The Morgan fingerprint density at radius 1 is 0.975 bits per heavy atom. The first-order valence-corrected chi connectivity index (χ1v) is 14.6. The zero-order valence-electron chi connectivity index (χ0n) is 22.3. The first kappa shape index (κ1) is 27.9. The lowest BCUT2D eigenvalue weighted by molar-refractivity contribution is -0.0948. The number of methoxy groups -OCH3 is 1. The van der Waals surface area contributed by atoms with Crippen LogP contribution in [0.25, 0.3) is 28.7 Å². The van der Waals surface area contributed by atoms with Gasteiger partial charge >= 0.3 is 0 Å². The minimum absolute atomic E-state index is 0.0324. The Labute approximate surface area is 234 Å². The van der Waals surface area contributed by atoms with Crippen LogP contribution in [0.15, 0.2) is 94.3 Å². The second-order valence-electron chi connectivity index (χ2n) is 9.59. The minimum atomic E-state index is -3.79. The largest absolute Gasteiger partial charge is 0.436 e. The number of hydrogen-bond acceptors (Lipinski definition) is 7. The molecule has 2 heterocycles. The lowest BCUT2D eigenvalue weighted by Crippen LogP contribution is -2.35. The molecular formula is C31H32N2O6S. The highest BCUT2D eigenvalue weighted by Crippen LogP contribution is 2.36. The second kappa shape index (κ2) is 12.3. The molecule has 8 nitrogen and oxygen atoms in total. The first-order chi connectivity index (χ1) is 19.4. The van der Waals surface area contributed by atoms with Crippen LogP contribution in [-0.4, -0.2) is 40.3 Å². The molecule has 1 aliphatic heterocycles. The predicted octanol–water partition coefficient (Wildman–Crippen LogP) is 5.54. The van der Waals surface area contributed by atoms with Crippen LogP contribution in [0.3, 0.4) is 0 Å². The Balaban J connectivity index is 1.28. The van der Waals surface area contributed by atoms with Crippen LogP contribution >= 0.6 is 0 Å². The van der Waals surface area contributed by atoms with Gasteiger partial charge in [-0.2, -0.15) is 0 Å². The van der Waals surface area contributed by atoms with Crippen molar-refractivity contribution >= 4 is 16.1 Å². The molecule has 0 spiro atoms. The summed E-state index contributed by atoms with van der Waals surface area (Å²) in [5, 5.41) is 5.25. The van der Waals surface area contributed by atoms with Crippen molar-refractivity contribution < 1.29 is 27.0 Å². The summed E-state index contributed by atoms with van der Waals surface area (Å²) in [7, 11) is -2.03. The summed E-state index contributed by atoms with van der Waals surface area (Å²) in [6, 6.07) is 24.2. The topological polar surface area (TPSA) is 114 Å². The zero-order chi connectivity index (χ0) is 28.0. The molecule has 0 atom stereocenters. The number of nitrogens with two attached hydrogens (primary N) is 1. The van der Waals surface area contributed by atoms with E-state index < -0.39 is 10.0 Å². The smallest absolute Gasteiger partial charge is 0.238 e.